The van der Waals surface area contributed by atoms with Crippen LogP contribution in [0.25, 0.3) is 0 Å². The van der Waals surface area contributed by atoms with Crippen molar-refractivity contribution in [3.8, 4) is 11.5 Å². The summed E-state index contributed by atoms with van der Waals surface area (Å²) < 4.78 is 11.6. The predicted molar refractivity (Wildman–Crippen MR) is 123 cm³/mol. The number of methoxy groups -OCH3 is 1. The number of aromatic nitrogens is 1. The molecule has 31 heavy (non-hydrogen) atoms. The molecule has 1 aromatic carbocycles. The maximum absolute atomic E-state index is 12.9. The first-order chi connectivity index (χ1) is 15.1. The van der Waals surface area contributed by atoms with Gasteiger partial charge in [-0.05, 0) is 51.2 Å². The number of thiazole rings is 1. The molecule has 1 N–H and O–H groups in total. The van der Waals surface area contributed by atoms with Gasteiger partial charge in [0.25, 0.3) is 0 Å². The van der Waals surface area contributed by atoms with E-state index in [1.807, 2.05) is 30.0 Å². The van der Waals surface area contributed by atoms with Crippen molar-refractivity contribution in [2.45, 2.75) is 51.7 Å². The molecule has 1 aliphatic carbocycles. The topological polar surface area (TPSA) is 66.9 Å². The van der Waals surface area contributed by atoms with Gasteiger partial charge in [0, 0.05) is 49.9 Å². The van der Waals surface area contributed by atoms with E-state index < -0.39 is 0 Å². The van der Waals surface area contributed by atoms with E-state index in [4.69, 9.17) is 9.47 Å². The van der Waals surface area contributed by atoms with Crippen molar-refractivity contribution in [2.24, 2.45) is 0 Å². The van der Waals surface area contributed by atoms with Gasteiger partial charge in [0.1, 0.15) is 0 Å². The number of anilines is 1. The maximum atomic E-state index is 12.9. The molecule has 1 saturated carbocycles. The van der Waals surface area contributed by atoms with E-state index in [1.165, 1.54) is 12.8 Å². The van der Waals surface area contributed by atoms with Crippen molar-refractivity contribution < 1.29 is 14.3 Å². The minimum absolute atomic E-state index is 0.0664. The van der Waals surface area contributed by atoms with E-state index in [0.717, 1.165) is 61.8 Å². The van der Waals surface area contributed by atoms with Crippen molar-refractivity contribution in [3.63, 3.8) is 0 Å². The minimum atomic E-state index is -0.0664. The summed E-state index contributed by atoms with van der Waals surface area (Å²) in [4.78, 5) is 21.8. The van der Waals surface area contributed by atoms with Crippen molar-refractivity contribution in [2.75, 3.05) is 38.6 Å². The molecule has 0 bridgehead atoms. The summed E-state index contributed by atoms with van der Waals surface area (Å²) in [5.74, 6) is 1.40. The first-order valence-corrected chi connectivity index (χ1v) is 12.0. The fraction of sp³-hybridized carbons (Fsp3) is 0.565. The van der Waals surface area contributed by atoms with Gasteiger partial charge in [0.15, 0.2) is 11.5 Å². The highest BCUT2D eigenvalue weighted by atomic mass is 32.1. The van der Waals surface area contributed by atoms with Crippen LogP contribution in [0.15, 0.2) is 23.6 Å². The van der Waals surface area contributed by atoms with Gasteiger partial charge in [-0.1, -0.05) is 0 Å². The van der Waals surface area contributed by atoms with Gasteiger partial charge in [0.2, 0.25) is 0 Å². The molecule has 2 aromatic rings. The number of urea groups is 1. The second-order valence-corrected chi connectivity index (χ2v) is 9.36. The lowest BCUT2D eigenvalue weighted by molar-refractivity contribution is 0.201. The zero-order valence-corrected chi connectivity index (χ0v) is 19.2. The van der Waals surface area contributed by atoms with Crippen LogP contribution in [0.2, 0.25) is 0 Å². The first-order valence-electron chi connectivity index (χ1n) is 11.1. The van der Waals surface area contributed by atoms with Crippen LogP contribution in [0.1, 0.15) is 42.8 Å². The fourth-order valence-corrected chi connectivity index (χ4v) is 4.88. The smallest absolute Gasteiger partial charge is 0.321 e. The molecule has 2 fully saturated rings. The van der Waals surface area contributed by atoms with Gasteiger partial charge in [-0.15, -0.1) is 11.3 Å². The number of benzene rings is 1. The molecule has 2 heterocycles. The van der Waals surface area contributed by atoms with E-state index in [1.54, 1.807) is 18.4 Å². The zero-order chi connectivity index (χ0) is 21.6. The standard InChI is InChI=1S/C23H32N4O3S/c1-17-24-19(16-31-17)15-26-10-5-11-27(13-12-26)23(28)25-18-8-9-21(29-2)22(14-18)30-20-6-3-4-7-20/h8-9,14,16,20H,3-7,10-13,15H2,1-2H3,(H,25,28). The molecule has 168 valence electrons. The van der Waals surface area contributed by atoms with Gasteiger partial charge in [0.05, 0.1) is 23.9 Å². The number of rotatable bonds is 6. The third-order valence-corrected chi connectivity index (χ3v) is 6.76. The van der Waals surface area contributed by atoms with Gasteiger partial charge in [-0.25, -0.2) is 9.78 Å². The normalized spacial score (nSPS) is 18.1. The molecule has 7 nitrogen and oxygen atoms in total. The van der Waals surface area contributed by atoms with E-state index in [-0.39, 0.29) is 12.1 Å². The molecule has 1 aromatic heterocycles. The summed E-state index contributed by atoms with van der Waals surface area (Å²) >= 11 is 1.69. The largest absolute Gasteiger partial charge is 0.493 e. The van der Waals surface area contributed by atoms with Crippen LogP contribution < -0.4 is 14.8 Å². The van der Waals surface area contributed by atoms with Crippen molar-refractivity contribution in [1.29, 1.82) is 0 Å². The Morgan fingerprint density at radius 3 is 2.74 bits per heavy atom. The highest BCUT2D eigenvalue weighted by Gasteiger charge is 2.22. The van der Waals surface area contributed by atoms with E-state index in [9.17, 15) is 4.79 Å². The molecule has 1 saturated heterocycles. The van der Waals surface area contributed by atoms with Crippen LogP contribution in [-0.4, -0.2) is 60.2 Å². The van der Waals surface area contributed by atoms with Gasteiger partial charge in [-0.2, -0.15) is 0 Å². The third kappa shape index (κ3) is 5.89. The number of carbonyl (C=O) groups excluding carboxylic acids is 1. The van der Waals surface area contributed by atoms with Gasteiger partial charge < -0.3 is 19.7 Å². The van der Waals surface area contributed by atoms with Crippen LogP contribution >= 0.6 is 11.3 Å². The summed E-state index contributed by atoms with van der Waals surface area (Å²) in [7, 11) is 1.64. The van der Waals surface area contributed by atoms with Gasteiger partial charge in [-0.3, -0.25) is 4.90 Å². The van der Waals surface area contributed by atoms with Crippen molar-refractivity contribution in [3.05, 3.63) is 34.3 Å². The molecule has 0 unspecified atom stereocenters. The van der Waals surface area contributed by atoms with Crippen LogP contribution in [-0.2, 0) is 6.54 Å². The number of hydrogen-bond donors (Lipinski definition) is 1. The Kier molecular flexibility index (Phi) is 7.29. The minimum Gasteiger partial charge on any atom is -0.493 e. The molecule has 2 aliphatic rings. The fourth-order valence-electron chi connectivity index (χ4n) is 4.28. The SMILES string of the molecule is COc1ccc(NC(=O)N2CCCN(Cc3csc(C)n3)CC2)cc1OC1CCCC1. The Hall–Kier alpha value is -2.32. The molecule has 0 spiro atoms. The zero-order valence-electron chi connectivity index (χ0n) is 18.4. The average molecular weight is 445 g/mol. The van der Waals surface area contributed by atoms with E-state index in [2.05, 4.69) is 20.6 Å². The van der Waals surface area contributed by atoms with Crippen LogP contribution in [0.3, 0.4) is 0 Å². The number of amides is 2. The van der Waals surface area contributed by atoms with Crippen molar-refractivity contribution >= 4 is 23.1 Å². The summed E-state index contributed by atoms with van der Waals surface area (Å²) in [6.07, 6.45) is 5.75. The number of hydrogen-bond acceptors (Lipinski definition) is 6. The summed E-state index contributed by atoms with van der Waals surface area (Å²) in [6, 6.07) is 5.54. The second-order valence-electron chi connectivity index (χ2n) is 8.29. The summed E-state index contributed by atoms with van der Waals surface area (Å²) in [5, 5.41) is 6.27. The number of nitrogens with zero attached hydrogens (tertiary/aromatic N) is 3. The molecular formula is C23H32N4O3S. The second kappa shape index (κ2) is 10.3. The Balaban J connectivity index is 1.34. The number of nitrogens with one attached hydrogen (secondary N) is 1. The summed E-state index contributed by atoms with van der Waals surface area (Å²) in [6.45, 7) is 6.16. The quantitative estimate of drug-likeness (QED) is 0.710. The van der Waals surface area contributed by atoms with Crippen molar-refractivity contribution in [1.82, 2.24) is 14.8 Å². The molecule has 0 radical (unpaired) electrons. The number of aryl methyl sites for hydroxylation is 1. The maximum Gasteiger partial charge on any atom is 0.321 e. The number of ether oxygens (including phenoxy) is 2. The monoisotopic (exact) mass is 444 g/mol. The average Bonchev–Trinajstić information content (AvgIpc) is 3.35. The highest BCUT2D eigenvalue weighted by molar-refractivity contribution is 7.09. The molecule has 0 atom stereocenters. The lowest BCUT2D eigenvalue weighted by Gasteiger charge is -2.22. The van der Waals surface area contributed by atoms with Crippen LogP contribution in [0.4, 0.5) is 10.5 Å². The first kappa shape index (κ1) is 21.9. The predicted octanol–water partition coefficient (Wildman–Crippen LogP) is 4.52. The lowest BCUT2D eigenvalue weighted by atomic mass is 10.2. The van der Waals surface area contributed by atoms with E-state index >= 15 is 0 Å². The van der Waals surface area contributed by atoms with Gasteiger partial charge >= 0.3 is 6.03 Å². The van der Waals surface area contributed by atoms with Crippen LogP contribution in [0, 0.1) is 6.92 Å². The Morgan fingerprint density at radius 2 is 2.00 bits per heavy atom. The Labute approximate surface area is 188 Å². The third-order valence-electron chi connectivity index (χ3n) is 5.94. The Bertz CT molecular complexity index is 881. The molecule has 4 rings (SSSR count). The highest BCUT2D eigenvalue weighted by Crippen LogP contribution is 2.34. The number of carbonyl (C=O) groups is 1. The molecule has 2 amide bonds. The molecule has 1 aliphatic heterocycles. The van der Waals surface area contributed by atoms with E-state index in [0.29, 0.717) is 18.0 Å². The summed E-state index contributed by atoms with van der Waals surface area (Å²) in [5.41, 5.74) is 1.85. The molecular weight excluding hydrogens is 412 g/mol. The van der Waals surface area contributed by atoms with Crippen LogP contribution in [0.5, 0.6) is 11.5 Å². The Morgan fingerprint density at radius 1 is 1.16 bits per heavy atom. The lowest BCUT2D eigenvalue weighted by Crippen LogP contribution is -2.38. The molecule has 8 heteroatoms.